The number of fused-ring (bicyclic) bond motifs is 2. The smallest absolute Gasteiger partial charge is 0.256 e. The van der Waals surface area contributed by atoms with E-state index in [1.54, 1.807) is 7.11 Å². The summed E-state index contributed by atoms with van der Waals surface area (Å²) in [6.45, 7) is 6.92. The molecule has 1 amide bonds. The fraction of sp³-hybridized carbons (Fsp3) is 0.409. The van der Waals surface area contributed by atoms with Gasteiger partial charge in [-0.15, -0.1) is 0 Å². The molecule has 0 saturated carbocycles. The second-order valence-corrected chi connectivity index (χ2v) is 7.84. The first-order valence-electron chi connectivity index (χ1n) is 9.94. The molecule has 0 spiro atoms. The molecule has 0 atom stereocenters. The Balaban J connectivity index is 1.48. The van der Waals surface area contributed by atoms with Gasteiger partial charge in [-0.1, -0.05) is 12.1 Å². The summed E-state index contributed by atoms with van der Waals surface area (Å²) in [4.78, 5) is 25.8. The van der Waals surface area contributed by atoms with Gasteiger partial charge < -0.3 is 19.1 Å². The number of imidazole rings is 1. The molecule has 0 fully saturated rings. The van der Waals surface area contributed by atoms with Gasteiger partial charge in [-0.3, -0.25) is 4.79 Å². The summed E-state index contributed by atoms with van der Waals surface area (Å²) in [5.41, 5.74) is 4.58. The fourth-order valence-electron chi connectivity index (χ4n) is 3.81. The lowest BCUT2D eigenvalue weighted by molar-refractivity contribution is 0.0730. The van der Waals surface area contributed by atoms with Crippen LogP contribution in [0.3, 0.4) is 0 Å². The van der Waals surface area contributed by atoms with Crippen molar-refractivity contribution in [1.29, 1.82) is 0 Å². The summed E-state index contributed by atoms with van der Waals surface area (Å²) >= 11 is 0. The summed E-state index contributed by atoms with van der Waals surface area (Å²) in [5.74, 6) is 0.654. The molecule has 1 aliphatic rings. The Morgan fingerprint density at radius 2 is 2.07 bits per heavy atom. The van der Waals surface area contributed by atoms with Crippen LogP contribution >= 0.6 is 0 Å². The average molecular weight is 393 g/mol. The monoisotopic (exact) mass is 393 g/mol. The third-order valence-electron chi connectivity index (χ3n) is 5.46. The Kier molecular flexibility index (Phi) is 5.24. The maximum Gasteiger partial charge on any atom is 0.256 e. The van der Waals surface area contributed by atoms with Crippen molar-refractivity contribution in [3.8, 4) is 5.88 Å². The zero-order chi connectivity index (χ0) is 20.5. The SMILES string of the molecule is COc1nc2c(cc1CN(C)CCn1cnc3ccccc31)C(=O)N(C(C)C)C2. The van der Waals surface area contributed by atoms with Crippen molar-refractivity contribution in [2.75, 3.05) is 20.7 Å². The zero-order valence-corrected chi connectivity index (χ0v) is 17.4. The minimum absolute atomic E-state index is 0.0546. The number of hydrogen-bond acceptors (Lipinski definition) is 5. The van der Waals surface area contributed by atoms with Crippen LogP contribution in [-0.4, -0.2) is 57.0 Å². The molecule has 3 aromatic rings. The topological polar surface area (TPSA) is 63.5 Å². The Morgan fingerprint density at radius 1 is 1.28 bits per heavy atom. The Hall–Kier alpha value is -2.93. The molecule has 4 rings (SSSR count). The molecule has 152 valence electrons. The van der Waals surface area contributed by atoms with Crippen LogP contribution in [0.2, 0.25) is 0 Å². The minimum atomic E-state index is 0.0546. The van der Waals surface area contributed by atoms with E-state index in [-0.39, 0.29) is 11.9 Å². The van der Waals surface area contributed by atoms with Crippen molar-refractivity contribution >= 4 is 16.9 Å². The van der Waals surface area contributed by atoms with Gasteiger partial charge in [-0.2, -0.15) is 0 Å². The van der Waals surface area contributed by atoms with Crippen LogP contribution in [0.15, 0.2) is 36.7 Å². The van der Waals surface area contributed by atoms with Crippen LogP contribution < -0.4 is 4.74 Å². The molecule has 0 aliphatic carbocycles. The summed E-state index contributed by atoms with van der Waals surface area (Å²) < 4.78 is 7.69. The third kappa shape index (κ3) is 3.70. The standard InChI is InChI=1S/C22H27N5O2/c1-15(2)27-13-19-17(22(27)28)11-16(21(24-19)29-4)12-25(3)9-10-26-14-23-18-7-5-6-8-20(18)26/h5-8,11,14-15H,9-10,12-13H2,1-4H3. The molecule has 29 heavy (non-hydrogen) atoms. The Morgan fingerprint density at radius 3 is 2.83 bits per heavy atom. The molecule has 0 saturated heterocycles. The molecule has 2 aromatic heterocycles. The van der Waals surface area contributed by atoms with Crippen LogP contribution in [0, 0.1) is 0 Å². The number of carbonyl (C=O) groups is 1. The number of pyridine rings is 1. The highest BCUT2D eigenvalue weighted by Gasteiger charge is 2.31. The number of rotatable bonds is 7. The minimum Gasteiger partial charge on any atom is -0.481 e. The van der Waals surface area contributed by atoms with Crippen LogP contribution in [-0.2, 0) is 19.6 Å². The van der Waals surface area contributed by atoms with E-state index < -0.39 is 0 Å². The van der Waals surface area contributed by atoms with Gasteiger partial charge in [0.05, 0.1) is 42.3 Å². The van der Waals surface area contributed by atoms with Crippen LogP contribution in [0.1, 0.15) is 35.5 Å². The van der Waals surface area contributed by atoms with Crippen molar-refractivity contribution in [1.82, 2.24) is 24.3 Å². The summed E-state index contributed by atoms with van der Waals surface area (Å²) in [7, 11) is 3.70. The van der Waals surface area contributed by atoms with E-state index in [0.717, 1.165) is 35.4 Å². The number of hydrogen-bond donors (Lipinski definition) is 0. The van der Waals surface area contributed by atoms with Gasteiger partial charge in [0.25, 0.3) is 5.91 Å². The van der Waals surface area contributed by atoms with Crippen molar-refractivity contribution in [3.63, 3.8) is 0 Å². The number of methoxy groups -OCH3 is 1. The van der Waals surface area contributed by atoms with Crippen molar-refractivity contribution in [2.24, 2.45) is 0 Å². The number of ether oxygens (including phenoxy) is 1. The highest BCUT2D eigenvalue weighted by Crippen LogP contribution is 2.29. The number of nitrogens with zero attached hydrogens (tertiary/aromatic N) is 5. The second-order valence-electron chi connectivity index (χ2n) is 7.84. The lowest BCUT2D eigenvalue weighted by Crippen LogP contribution is -2.30. The van der Waals surface area contributed by atoms with E-state index in [9.17, 15) is 4.79 Å². The fourth-order valence-corrected chi connectivity index (χ4v) is 3.81. The van der Waals surface area contributed by atoms with E-state index >= 15 is 0 Å². The van der Waals surface area contributed by atoms with Gasteiger partial charge in [0, 0.05) is 31.2 Å². The highest BCUT2D eigenvalue weighted by atomic mass is 16.5. The number of para-hydroxylation sites is 2. The zero-order valence-electron chi connectivity index (χ0n) is 17.4. The number of carbonyl (C=O) groups excluding carboxylic acids is 1. The quantitative estimate of drug-likeness (QED) is 0.618. The summed E-state index contributed by atoms with van der Waals surface area (Å²) in [6.07, 6.45) is 1.88. The van der Waals surface area contributed by atoms with Gasteiger partial charge in [0.2, 0.25) is 5.88 Å². The van der Waals surface area contributed by atoms with Gasteiger partial charge in [0.15, 0.2) is 0 Å². The highest BCUT2D eigenvalue weighted by molar-refractivity contribution is 5.98. The predicted molar refractivity (Wildman–Crippen MR) is 112 cm³/mol. The molecule has 3 heterocycles. The van der Waals surface area contributed by atoms with Gasteiger partial charge in [-0.25, -0.2) is 9.97 Å². The number of aromatic nitrogens is 3. The number of amides is 1. The first kappa shape index (κ1) is 19.4. The molecular weight excluding hydrogens is 366 g/mol. The summed E-state index contributed by atoms with van der Waals surface area (Å²) in [5, 5.41) is 0. The lowest BCUT2D eigenvalue weighted by atomic mass is 10.1. The first-order chi connectivity index (χ1) is 14.0. The van der Waals surface area contributed by atoms with Crippen LogP contribution in [0.5, 0.6) is 5.88 Å². The maximum atomic E-state index is 12.7. The second kappa shape index (κ2) is 7.83. The van der Waals surface area contributed by atoms with Crippen molar-refractivity contribution in [3.05, 3.63) is 53.5 Å². The summed E-state index contributed by atoms with van der Waals surface area (Å²) in [6, 6.07) is 10.2. The van der Waals surface area contributed by atoms with E-state index in [1.165, 1.54) is 0 Å². The van der Waals surface area contributed by atoms with E-state index in [2.05, 4.69) is 32.5 Å². The van der Waals surface area contributed by atoms with Crippen molar-refractivity contribution < 1.29 is 9.53 Å². The molecular formula is C22H27N5O2. The van der Waals surface area contributed by atoms with E-state index in [0.29, 0.717) is 24.5 Å². The van der Waals surface area contributed by atoms with Gasteiger partial charge >= 0.3 is 0 Å². The maximum absolute atomic E-state index is 12.7. The number of benzene rings is 1. The van der Waals surface area contributed by atoms with E-state index in [1.807, 2.05) is 49.3 Å². The van der Waals surface area contributed by atoms with Gasteiger partial charge in [-0.05, 0) is 39.1 Å². The van der Waals surface area contributed by atoms with Gasteiger partial charge in [0.1, 0.15) is 0 Å². The molecule has 0 unspecified atom stereocenters. The Bertz CT molecular complexity index is 1040. The molecule has 0 N–H and O–H groups in total. The molecule has 1 aromatic carbocycles. The molecule has 7 heteroatoms. The average Bonchev–Trinajstić information content (AvgIpc) is 3.27. The number of likely N-dealkylation sites (N-methyl/N-ethyl adjacent to an activating group) is 1. The van der Waals surface area contributed by atoms with E-state index in [4.69, 9.17) is 4.74 Å². The molecule has 1 aliphatic heterocycles. The third-order valence-corrected chi connectivity index (χ3v) is 5.46. The van der Waals surface area contributed by atoms with Crippen LogP contribution in [0.4, 0.5) is 0 Å². The molecule has 0 radical (unpaired) electrons. The Labute approximate surface area is 170 Å². The molecule has 0 bridgehead atoms. The molecule has 7 nitrogen and oxygen atoms in total. The largest absolute Gasteiger partial charge is 0.481 e. The van der Waals surface area contributed by atoms with Crippen molar-refractivity contribution in [2.45, 2.75) is 39.5 Å². The lowest BCUT2D eigenvalue weighted by Gasteiger charge is -2.19. The predicted octanol–water partition coefficient (Wildman–Crippen LogP) is 2.94. The first-order valence-corrected chi connectivity index (χ1v) is 9.94. The van der Waals surface area contributed by atoms with Crippen LogP contribution in [0.25, 0.3) is 11.0 Å². The normalized spacial score (nSPS) is 13.7.